The summed E-state index contributed by atoms with van der Waals surface area (Å²) in [5, 5.41) is 6.08. The zero-order chi connectivity index (χ0) is 8.55. The second-order valence-electron chi connectivity index (χ2n) is 3.22. The molecule has 0 fully saturated rings. The molecule has 0 bridgehead atoms. The molecule has 0 unspecified atom stereocenters. The van der Waals surface area contributed by atoms with Crippen molar-refractivity contribution in [3.05, 3.63) is 12.3 Å². The second kappa shape index (κ2) is 2.79. The molecule has 0 amide bonds. The normalized spacial score (nSPS) is 17.6. The van der Waals surface area contributed by atoms with Gasteiger partial charge < -0.3 is 4.84 Å². The van der Waals surface area contributed by atoms with Crippen LogP contribution in [0.15, 0.2) is 12.3 Å². The summed E-state index contributed by atoms with van der Waals surface area (Å²) in [5.41, 5.74) is 0. The predicted octanol–water partition coefficient (Wildman–Crippen LogP) is 0.901. The smallest absolute Gasteiger partial charge is 0.236 e. The number of fused-ring (bicyclic) bond motifs is 1. The monoisotopic (exact) mass is 167 g/mol. The SMILES string of the molecule is CC(C)N1CCn2nccc2O1. The lowest BCUT2D eigenvalue weighted by Crippen LogP contribution is -2.40. The van der Waals surface area contributed by atoms with Gasteiger partial charge in [0.25, 0.3) is 0 Å². The maximum atomic E-state index is 5.57. The number of aromatic nitrogens is 2. The van der Waals surface area contributed by atoms with Crippen molar-refractivity contribution < 1.29 is 4.84 Å². The van der Waals surface area contributed by atoms with E-state index in [1.165, 1.54) is 0 Å². The first-order valence-electron chi connectivity index (χ1n) is 4.24. The van der Waals surface area contributed by atoms with Crippen molar-refractivity contribution >= 4 is 0 Å². The standard InChI is InChI=1S/C8H13N3O/c1-7(2)11-6-5-10-8(12-11)3-4-9-10/h3-4,7H,5-6H2,1-2H3. The molecule has 0 aromatic carbocycles. The molecule has 4 nitrogen and oxygen atoms in total. The van der Waals surface area contributed by atoms with Crippen LogP contribution in [0.3, 0.4) is 0 Å². The topological polar surface area (TPSA) is 30.3 Å². The molecule has 0 aliphatic carbocycles. The Morgan fingerprint density at radius 2 is 2.33 bits per heavy atom. The van der Waals surface area contributed by atoms with Crippen LogP contribution in [-0.4, -0.2) is 27.4 Å². The number of nitrogens with zero attached hydrogens (tertiary/aromatic N) is 3. The van der Waals surface area contributed by atoms with E-state index >= 15 is 0 Å². The van der Waals surface area contributed by atoms with Gasteiger partial charge in [-0.15, -0.1) is 5.06 Å². The van der Waals surface area contributed by atoms with Gasteiger partial charge in [-0.05, 0) is 13.8 Å². The molecule has 0 saturated heterocycles. The van der Waals surface area contributed by atoms with E-state index in [1.54, 1.807) is 6.20 Å². The van der Waals surface area contributed by atoms with Gasteiger partial charge in [-0.2, -0.15) is 5.10 Å². The highest BCUT2D eigenvalue weighted by Gasteiger charge is 2.19. The van der Waals surface area contributed by atoms with Crippen molar-refractivity contribution in [2.45, 2.75) is 26.4 Å². The number of hydrogen-bond acceptors (Lipinski definition) is 3. The van der Waals surface area contributed by atoms with Gasteiger partial charge in [-0.3, -0.25) is 0 Å². The highest BCUT2D eigenvalue weighted by atomic mass is 16.7. The summed E-state index contributed by atoms with van der Waals surface area (Å²) in [6.07, 6.45) is 1.76. The van der Waals surface area contributed by atoms with Gasteiger partial charge in [0.1, 0.15) is 0 Å². The van der Waals surface area contributed by atoms with Crippen molar-refractivity contribution in [1.29, 1.82) is 0 Å². The van der Waals surface area contributed by atoms with Crippen LogP contribution in [0.5, 0.6) is 5.88 Å². The third kappa shape index (κ3) is 1.18. The van der Waals surface area contributed by atoms with E-state index in [4.69, 9.17) is 4.84 Å². The van der Waals surface area contributed by atoms with Gasteiger partial charge in [0.2, 0.25) is 5.88 Å². The van der Waals surface area contributed by atoms with Crippen LogP contribution in [0.4, 0.5) is 0 Å². The van der Waals surface area contributed by atoms with Crippen LogP contribution in [0, 0.1) is 0 Å². The van der Waals surface area contributed by atoms with Crippen molar-refractivity contribution in [3.63, 3.8) is 0 Å². The average molecular weight is 167 g/mol. The van der Waals surface area contributed by atoms with Crippen LogP contribution >= 0.6 is 0 Å². The quantitative estimate of drug-likeness (QED) is 0.622. The minimum atomic E-state index is 0.425. The molecule has 0 spiro atoms. The Bertz CT molecular complexity index is 269. The largest absolute Gasteiger partial charge is 0.386 e. The van der Waals surface area contributed by atoms with Crippen LogP contribution in [0.2, 0.25) is 0 Å². The predicted molar refractivity (Wildman–Crippen MR) is 44.7 cm³/mol. The Morgan fingerprint density at radius 3 is 3.08 bits per heavy atom. The van der Waals surface area contributed by atoms with Crippen LogP contribution < -0.4 is 4.84 Å². The molecule has 0 N–H and O–H groups in total. The van der Waals surface area contributed by atoms with E-state index in [2.05, 4.69) is 18.9 Å². The zero-order valence-electron chi connectivity index (χ0n) is 7.40. The highest BCUT2D eigenvalue weighted by molar-refractivity contribution is 5.08. The third-order valence-corrected chi connectivity index (χ3v) is 2.00. The first-order valence-corrected chi connectivity index (χ1v) is 4.24. The number of rotatable bonds is 1. The summed E-state index contributed by atoms with van der Waals surface area (Å²) in [6.45, 7) is 6.06. The molecule has 1 aliphatic heterocycles. The van der Waals surface area contributed by atoms with Crippen molar-refractivity contribution in [2.75, 3.05) is 6.54 Å². The van der Waals surface area contributed by atoms with E-state index in [-0.39, 0.29) is 0 Å². The van der Waals surface area contributed by atoms with Gasteiger partial charge in [0, 0.05) is 12.1 Å². The van der Waals surface area contributed by atoms with E-state index in [1.807, 2.05) is 15.8 Å². The van der Waals surface area contributed by atoms with Crippen molar-refractivity contribution in [1.82, 2.24) is 14.8 Å². The molecule has 12 heavy (non-hydrogen) atoms. The summed E-state index contributed by atoms with van der Waals surface area (Å²) in [5.74, 6) is 0.843. The molecule has 1 aromatic heterocycles. The summed E-state index contributed by atoms with van der Waals surface area (Å²) >= 11 is 0. The lowest BCUT2D eigenvalue weighted by molar-refractivity contribution is -0.112. The molecule has 0 atom stereocenters. The first kappa shape index (κ1) is 7.61. The van der Waals surface area contributed by atoms with Crippen molar-refractivity contribution in [3.8, 4) is 5.88 Å². The molecule has 0 radical (unpaired) electrons. The lowest BCUT2D eigenvalue weighted by atomic mass is 10.4. The zero-order valence-corrected chi connectivity index (χ0v) is 7.40. The second-order valence-corrected chi connectivity index (χ2v) is 3.22. The Hall–Kier alpha value is -1.03. The maximum absolute atomic E-state index is 5.57. The van der Waals surface area contributed by atoms with E-state index < -0.39 is 0 Å². The lowest BCUT2D eigenvalue weighted by Gasteiger charge is -2.29. The Kier molecular flexibility index (Phi) is 1.77. The molecule has 4 heteroatoms. The van der Waals surface area contributed by atoms with Gasteiger partial charge in [0.15, 0.2) is 0 Å². The van der Waals surface area contributed by atoms with Gasteiger partial charge in [-0.1, -0.05) is 0 Å². The molecular formula is C8H13N3O. The fourth-order valence-electron chi connectivity index (χ4n) is 1.29. The van der Waals surface area contributed by atoms with Crippen LogP contribution in [0.1, 0.15) is 13.8 Å². The molecule has 2 rings (SSSR count). The van der Waals surface area contributed by atoms with Crippen molar-refractivity contribution in [2.24, 2.45) is 0 Å². The van der Waals surface area contributed by atoms with E-state index in [0.29, 0.717) is 6.04 Å². The summed E-state index contributed by atoms with van der Waals surface area (Å²) < 4.78 is 1.87. The molecule has 1 aromatic rings. The first-order chi connectivity index (χ1) is 5.77. The minimum absolute atomic E-state index is 0.425. The summed E-state index contributed by atoms with van der Waals surface area (Å²) in [7, 11) is 0. The Morgan fingerprint density at radius 1 is 1.50 bits per heavy atom. The molecule has 1 aliphatic rings. The molecular weight excluding hydrogens is 154 g/mol. The third-order valence-electron chi connectivity index (χ3n) is 2.00. The van der Waals surface area contributed by atoms with Crippen LogP contribution in [-0.2, 0) is 6.54 Å². The minimum Gasteiger partial charge on any atom is -0.386 e. The summed E-state index contributed by atoms with van der Waals surface area (Å²) in [6, 6.07) is 2.31. The van der Waals surface area contributed by atoms with E-state index in [9.17, 15) is 0 Å². The average Bonchev–Trinajstić information content (AvgIpc) is 2.49. The fourth-order valence-corrected chi connectivity index (χ4v) is 1.29. The van der Waals surface area contributed by atoms with Crippen LogP contribution in [0.25, 0.3) is 0 Å². The Labute approximate surface area is 71.7 Å². The molecule has 66 valence electrons. The fraction of sp³-hybridized carbons (Fsp3) is 0.625. The van der Waals surface area contributed by atoms with Gasteiger partial charge >= 0.3 is 0 Å². The Balaban J connectivity index is 2.15. The van der Waals surface area contributed by atoms with Gasteiger partial charge in [0.05, 0.1) is 19.3 Å². The number of hydroxylamine groups is 2. The maximum Gasteiger partial charge on any atom is 0.236 e. The van der Waals surface area contributed by atoms with Gasteiger partial charge in [-0.25, -0.2) is 4.68 Å². The number of hydrogen-bond donors (Lipinski definition) is 0. The highest BCUT2D eigenvalue weighted by Crippen LogP contribution is 2.17. The summed E-state index contributed by atoms with van der Waals surface area (Å²) in [4.78, 5) is 5.57. The molecule has 2 heterocycles. The van der Waals surface area contributed by atoms with E-state index in [0.717, 1.165) is 19.0 Å². The molecule has 0 saturated carbocycles.